The Morgan fingerprint density at radius 2 is 2.00 bits per heavy atom. The molecule has 2 aromatic rings. The molecule has 2 nitrogen and oxygen atoms in total. The molecule has 4 heteroatoms. The summed E-state index contributed by atoms with van der Waals surface area (Å²) in [5.74, 6) is 1.87. The van der Waals surface area contributed by atoms with E-state index in [1.54, 1.807) is 11.8 Å². The van der Waals surface area contributed by atoms with Crippen LogP contribution >= 0.6 is 23.4 Å². The van der Waals surface area contributed by atoms with Crippen molar-refractivity contribution in [3.05, 3.63) is 52.5 Å². The minimum Gasteiger partial charge on any atom is -0.493 e. The van der Waals surface area contributed by atoms with Gasteiger partial charge in [-0.2, -0.15) is 0 Å². The molecule has 98 valence electrons. The lowest BCUT2D eigenvalue weighted by molar-refractivity contribution is 0.354. The predicted octanol–water partition coefficient (Wildman–Crippen LogP) is 4.15. The van der Waals surface area contributed by atoms with E-state index in [0.29, 0.717) is 0 Å². The van der Waals surface area contributed by atoms with Gasteiger partial charge in [-0.1, -0.05) is 11.6 Å². The molecule has 0 saturated heterocycles. The minimum atomic E-state index is 0.759. The fourth-order valence-electron chi connectivity index (χ4n) is 2.18. The van der Waals surface area contributed by atoms with Crippen LogP contribution in [-0.2, 0) is 12.2 Å². The monoisotopic (exact) mass is 291 g/mol. The second kappa shape index (κ2) is 5.35. The molecule has 1 aliphatic rings. The van der Waals surface area contributed by atoms with E-state index < -0.39 is 0 Å². The third-order valence-corrected chi connectivity index (χ3v) is 4.38. The predicted molar refractivity (Wildman–Crippen MR) is 81.1 cm³/mol. The molecule has 0 aromatic heterocycles. The van der Waals surface area contributed by atoms with Gasteiger partial charge in [-0.05, 0) is 42.0 Å². The Morgan fingerprint density at radius 3 is 2.79 bits per heavy atom. The Hall–Kier alpha value is -1.32. The molecular formula is C15H14ClNOS. The van der Waals surface area contributed by atoms with Crippen molar-refractivity contribution < 1.29 is 4.74 Å². The summed E-state index contributed by atoms with van der Waals surface area (Å²) < 4.78 is 5.70. The highest BCUT2D eigenvalue weighted by atomic mass is 35.5. The van der Waals surface area contributed by atoms with E-state index in [9.17, 15) is 0 Å². The first-order valence-corrected chi connectivity index (χ1v) is 7.51. The van der Waals surface area contributed by atoms with Gasteiger partial charge in [0, 0.05) is 33.3 Å². The van der Waals surface area contributed by atoms with Gasteiger partial charge in [-0.3, -0.25) is 0 Å². The molecule has 0 saturated carbocycles. The van der Waals surface area contributed by atoms with Crippen molar-refractivity contribution >= 4 is 29.1 Å². The first-order chi connectivity index (χ1) is 9.22. The lowest BCUT2D eigenvalue weighted by Gasteiger charge is -2.09. The van der Waals surface area contributed by atoms with Gasteiger partial charge in [-0.15, -0.1) is 11.8 Å². The second-order valence-corrected chi connectivity index (χ2v) is 5.99. The number of hydrogen-bond donors (Lipinski definition) is 1. The van der Waals surface area contributed by atoms with Gasteiger partial charge in [0.25, 0.3) is 0 Å². The van der Waals surface area contributed by atoms with Crippen molar-refractivity contribution in [3.63, 3.8) is 0 Å². The zero-order valence-electron chi connectivity index (χ0n) is 10.4. The Balaban J connectivity index is 1.78. The molecule has 2 N–H and O–H groups in total. The second-order valence-electron chi connectivity index (χ2n) is 4.51. The van der Waals surface area contributed by atoms with Crippen LogP contribution in [0.25, 0.3) is 0 Å². The summed E-state index contributed by atoms with van der Waals surface area (Å²) in [7, 11) is 0. The van der Waals surface area contributed by atoms with Crippen LogP contribution in [0.3, 0.4) is 0 Å². The molecule has 0 fully saturated rings. The quantitative estimate of drug-likeness (QED) is 0.681. The van der Waals surface area contributed by atoms with E-state index in [2.05, 4.69) is 0 Å². The highest BCUT2D eigenvalue weighted by molar-refractivity contribution is 7.98. The number of ether oxygens (including phenoxy) is 1. The Kier molecular flexibility index (Phi) is 3.58. The van der Waals surface area contributed by atoms with Crippen molar-refractivity contribution in [2.45, 2.75) is 17.1 Å². The number of nitrogens with two attached hydrogens (primary N) is 1. The van der Waals surface area contributed by atoms with Gasteiger partial charge in [0.2, 0.25) is 0 Å². The smallest absolute Gasteiger partial charge is 0.126 e. The average Bonchev–Trinajstić information content (AvgIpc) is 2.85. The highest BCUT2D eigenvalue weighted by Gasteiger charge is 2.17. The Labute approximate surface area is 121 Å². The largest absolute Gasteiger partial charge is 0.493 e. The highest BCUT2D eigenvalue weighted by Crippen LogP contribution is 2.36. The first-order valence-electron chi connectivity index (χ1n) is 6.15. The van der Waals surface area contributed by atoms with Gasteiger partial charge in [0.15, 0.2) is 0 Å². The molecule has 0 unspecified atom stereocenters. The van der Waals surface area contributed by atoms with Crippen molar-refractivity contribution in [1.29, 1.82) is 0 Å². The summed E-state index contributed by atoms with van der Waals surface area (Å²) in [6.45, 7) is 0.759. The SMILES string of the molecule is Nc1ccc(SCc2cc(Cl)cc3c2OCC3)cc1. The van der Waals surface area contributed by atoms with Gasteiger partial charge in [0.05, 0.1) is 6.61 Å². The summed E-state index contributed by atoms with van der Waals surface area (Å²) in [5.41, 5.74) is 8.86. The maximum Gasteiger partial charge on any atom is 0.126 e. The number of thioether (sulfide) groups is 1. The van der Waals surface area contributed by atoms with Crippen LogP contribution in [0, 0.1) is 0 Å². The number of rotatable bonds is 3. The summed E-state index contributed by atoms with van der Waals surface area (Å²) in [6.07, 6.45) is 0.954. The van der Waals surface area contributed by atoms with Crippen LogP contribution in [0.1, 0.15) is 11.1 Å². The van der Waals surface area contributed by atoms with E-state index >= 15 is 0 Å². The molecule has 1 aliphatic heterocycles. The van der Waals surface area contributed by atoms with Crippen LogP contribution in [0.2, 0.25) is 5.02 Å². The summed E-state index contributed by atoms with van der Waals surface area (Å²) in [4.78, 5) is 1.20. The first kappa shape index (κ1) is 12.7. The van der Waals surface area contributed by atoms with E-state index in [1.165, 1.54) is 16.0 Å². The molecule has 19 heavy (non-hydrogen) atoms. The zero-order chi connectivity index (χ0) is 13.2. The zero-order valence-corrected chi connectivity index (χ0v) is 11.9. The molecule has 2 aromatic carbocycles. The standard InChI is InChI=1S/C15H14ClNOS/c16-12-7-10-5-6-18-15(10)11(8-12)9-19-14-3-1-13(17)2-4-14/h1-4,7-8H,5-6,9,17H2. The lowest BCUT2D eigenvalue weighted by Crippen LogP contribution is -1.91. The maximum absolute atomic E-state index is 6.15. The van der Waals surface area contributed by atoms with Crippen molar-refractivity contribution in [2.24, 2.45) is 0 Å². The molecule has 0 aliphatic carbocycles. The third-order valence-electron chi connectivity index (χ3n) is 3.10. The summed E-state index contributed by atoms with van der Waals surface area (Å²) in [6, 6.07) is 11.9. The van der Waals surface area contributed by atoms with Crippen molar-refractivity contribution in [2.75, 3.05) is 12.3 Å². The number of benzene rings is 2. The molecule has 0 spiro atoms. The topological polar surface area (TPSA) is 35.2 Å². The molecule has 0 radical (unpaired) electrons. The van der Waals surface area contributed by atoms with E-state index in [0.717, 1.165) is 35.2 Å². The Morgan fingerprint density at radius 1 is 1.21 bits per heavy atom. The van der Waals surface area contributed by atoms with Crippen LogP contribution in [0.5, 0.6) is 5.75 Å². The number of anilines is 1. The van der Waals surface area contributed by atoms with E-state index in [-0.39, 0.29) is 0 Å². The van der Waals surface area contributed by atoms with Crippen LogP contribution in [0.4, 0.5) is 5.69 Å². The summed E-state index contributed by atoms with van der Waals surface area (Å²) in [5, 5.41) is 0.789. The van der Waals surface area contributed by atoms with Crippen molar-refractivity contribution in [1.82, 2.24) is 0 Å². The minimum absolute atomic E-state index is 0.759. The Bertz CT molecular complexity index is 598. The van der Waals surface area contributed by atoms with Gasteiger partial charge in [0.1, 0.15) is 5.75 Å². The number of nitrogen functional groups attached to an aromatic ring is 1. The van der Waals surface area contributed by atoms with Crippen LogP contribution in [-0.4, -0.2) is 6.61 Å². The number of hydrogen-bond acceptors (Lipinski definition) is 3. The van der Waals surface area contributed by atoms with Gasteiger partial charge in [-0.25, -0.2) is 0 Å². The van der Waals surface area contributed by atoms with E-state index in [1.807, 2.05) is 36.4 Å². The van der Waals surface area contributed by atoms with Gasteiger partial charge < -0.3 is 10.5 Å². The molecular weight excluding hydrogens is 278 g/mol. The number of halogens is 1. The average molecular weight is 292 g/mol. The van der Waals surface area contributed by atoms with Crippen LogP contribution < -0.4 is 10.5 Å². The molecule has 0 atom stereocenters. The molecule has 1 heterocycles. The fourth-order valence-corrected chi connectivity index (χ4v) is 3.31. The summed E-state index contributed by atoms with van der Waals surface area (Å²) >= 11 is 7.91. The third kappa shape index (κ3) is 2.82. The lowest BCUT2D eigenvalue weighted by atomic mass is 10.1. The molecule has 0 bridgehead atoms. The van der Waals surface area contributed by atoms with Crippen LogP contribution in [0.15, 0.2) is 41.3 Å². The normalized spacial score (nSPS) is 13.1. The maximum atomic E-state index is 6.15. The molecule has 3 rings (SSSR count). The van der Waals surface area contributed by atoms with Crippen molar-refractivity contribution in [3.8, 4) is 5.75 Å². The molecule has 0 amide bonds. The van der Waals surface area contributed by atoms with Gasteiger partial charge >= 0.3 is 0 Å². The number of fused-ring (bicyclic) bond motifs is 1. The van der Waals surface area contributed by atoms with E-state index in [4.69, 9.17) is 22.1 Å². The fraction of sp³-hybridized carbons (Fsp3) is 0.200.